The Bertz CT molecular complexity index is 1510. The van der Waals surface area contributed by atoms with Crippen LogP contribution in [-0.2, 0) is 20.9 Å². The van der Waals surface area contributed by atoms with Gasteiger partial charge in [0.1, 0.15) is 12.1 Å². The molecule has 1 atom stereocenters. The van der Waals surface area contributed by atoms with Gasteiger partial charge in [0.2, 0.25) is 11.9 Å². The SMILES string of the molecule is CCCCCCCCCCCCCCCCCC(=O)OCCSCC(N)C(=O)Nc1ccc(Cn2c(=O)[nH]c3c(N)nc(NCCCC)nc32)cc1. The molecule has 2 aromatic heterocycles. The van der Waals surface area contributed by atoms with Crippen LogP contribution in [0.4, 0.5) is 17.5 Å². The van der Waals surface area contributed by atoms with Gasteiger partial charge >= 0.3 is 11.7 Å². The van der Waals surface area contributed by atoms with Gasteiger partial charge in [0, 0.05) is 30.2 Å². The maximum absolute atomic E-state index is 12.7. The number of aromatic amines is 1. The van der Waals surface area contributed by atoms with Crippen molar-refractivity contribution in [3.63, 3.8) is 0 Å². The zero-order valence-corrected chi connectivity index (χ0v) is 32.5. The highest BCUT2D eigenvalue weighted by atomic mass is 32.2. The maximum atomic E-state index is 12.7. The van der Waals surface area contributed by atoms with Crippen molar-refractivity contribution in [3.8, 4) is 0 Å². The van der Waals surface area contributed by atoms with Crippen LogP contribution in [-0.4, -0.2) is 62.1 Å². The second-order valence-electron chi connectivity index (χ2n) is 13.7. The summed E-state index contributed by atoms with van der Waals surface area (Å²) in [5, 5.41) is 6.00. The van der Waals surface area contributed by atoms with Crippen molar-refractivity contribution in [1.29, 1.82) is 0 Å². The zero-order valence-electron chi connectivity index (χ0n) is 31.7. The molecule has 0 saturated carbocycles. The molecular weight excluding hydrogens is 677 g/mol. The third-order valence-corrected chi connectivity index (χ3v) is 10.2. The highest BCUT2D eigenvalue weighted by molar-refractivity contribution is 7.99. The molecule has 290 valence electrons. The number of aromatic nitrogens is 4. The van der Waals surface area contributed by atoms with Crippen LogP contribution in [0.1, 0.15) is 135 Å². The third kappa shape index (κ3) is 16.4. The summed E-state index contributed by atoms with van der Waals surface area (Å²) in [6, 6.07) is 6.49. The number of imidazole rings is 1. The van der Waals surface area contributed by atoms with E-state index in [1.165, 1.54) is 99.8 Å². The first-order chi connectivity index (χ1) is 25.3. The molecule has 0 saturated heterocycles. The molecule has 13 heteroatoms. The lowest BCUT2D eigenvalue weighted by Crippen LogP contribution is -2.37. The molecule has 2 heterocycles. The highest BCUT2D eigenvalue weighted by Crippen LogP contribution is 2.19. The number of nitrogens with two attached hydrogens (primary N) is 2. The fourth-order valence-corrected chi connectivity index (χ4v) is 6.75. The van der Waals surface area contributed by atoms with Crippen LogP contribution in [0.2, 0.25) is 0 Å². The van der Waals surface area contributed by atoms with Crippen molar-refractivity contribution in [2.75, 3.05) is 41.0 Å². The molecule has 3 rings (SSSR count). The molecule has 0 aliphatic carbocycles. The Balaban J connectivity index is 1.23. The highest BCUT2D eigenvalue weighted by Gasteiger charge is 2.16. The van der Waals surface area contributed by atoms with Crippen molar-refractivity contribution in [2.45, 2.75) is 142 Å². The van der Waals surface area contributed by atoms with E-state index in [9.17, 15) is 14.4 Å². The minimum absolute atomic E-state index is 0.156. The van der Waals surface area contributed by atoms with E-state index in [2.05, 4.69) is 39.4 Å². The van der Waals surface area contributed by atoms with E-state index in [-0.39, 0.29) is 29.9 Å². The van der Waals surface area contributed by atoms with Gasteiger partial charge in [0.25, 0.3) is 0 Å². The molecule has 0 aliphatic heterocycles. The topological polar surface area (TPSA) is 183 Å². The first kappa shape index (κ1) is 42.8. The number of fused-ring (bicyclic) bond motifs is 1. The van der Waals surface area contributed by atoms with Gasteiger partial charge in [-0.2, -0.15) is 21.7 Å². The lowest BCUT2D eigenvalue weighted by Gasteiger charge is -2.13. The predicted molar refractivity (Wildman–Crippen MR) is 216 cm³/mol. The zero-order chi connectivity index (χ0) is 37.4. The fraction of sp³-hybridized carbons (Fsp3) is 0.667. The largest absolute Gasteiger partial charge is 0.465 e. The number of benzene rings is 1. The van der Waals surface area contributed by atoms with Crippen molar-refractivity contribution in [2.24, 2.45) is 5.73 Å². The Kier molecular flexibility index (Phi) is 20.9. The first-order valence-corrected chi connectivity index (χ1v) is 20.9. The number of nitrogen functional groups attached to an aromatic ring is 1. The standard InChI is InChI=1S/C39H64N8O4S/c1-3-5-7-8-9-10-11-12-13-14-15-16-17-18-19-20-33(48)51-26-27-52-29-32(40)37(49)43-31-23-21-30(22-24-31)28-47-36-34(44-39(47)50)35(41)45-38(46-36)42-25-6-4-2/h21-24,32H,3-20,25-29,40H2,1-2H3,(H,43,49)(H,44,50)(H3,41,42,45,46). The van der Waals surface area contributed by atoms with Crippen LogP contribution in [0.15, 0.2) is 29.1 Å². The first-order valence-electron chi connectivity index (χ1n) is 19.7. The number of rotatable bonds is 29. The van der Waals surface area contributed by atoms with Crippen molar-refractivity contribution in [1.82, 2.24) is 19.5 Å². The fourth-order valence-electron chi connectivity index (χ4n) is 5.98. The second kappa shape index (κ2) is 25.4. The van der Waals surface area contributed by atoms with Gasteiger partial charge < -0.3 is 31.8 Å². The van der Waals surface area contributed by atoms with Crippen LogP contribution < -0.4 is 27.8 Å². The lowest BCUT2D eigenvalue weighted by molar-refractivity contribution is -0.143. The van der Waals surface area contributed by atoms with Crippen LogP contribution in [0.25, 0.3) is 11.2 Å². The van der Waals surface area contributed by atoms with Gasteiger partial charge in [-0.1, -0.05) is 122 Å². The quantitative estimate of drug-likeness (QED) is 0.0348. The molecule has 0 bridgehead atoms. The molecule has 7 N–H and O–H groups in total. The lowest BCUT2D eigenvalue weighted by atomic mass is 10.0. The number of carbonyl (C=O) groups excluding carboxylic acids is 2. The third-order valence-electron chi connectivity index (χ3n) is 9.14. The van der Waals surface area contributed by atoms with Crippen molar-refractivity contribution < 1.29 is 14.3 Å². The monoisotopic (exact) mass is 740 g/mol. The van der Waals surface area contributed by atoms with Gasteiger partial charge in [-0.05, 0) is 30.5 Å². The van der Waals surface area contributed by atoms with Gasteiger partial charge in [0.05, 0.1) is 12.6 Å². The van der Waals surface area contributed by atoms with Crippen molar-refractivity contribution >= 4 is 52.3 Å². The van der Waals surface area contributed by atoms with Gasteiger partial charge in [0.15, 0.2) is 11.5 Å². The summed E-state index contributed by atoms with van der Waals surface area (Å²) < 4.78 is 6.88. The van der Waals surface area contributed by atoms with Crippen LogP contribution >= 0.6 is 11.8 Å². The summed E-state index contributed by atoms with van der Waals surface area (Å²) in [5.41, 5.74) is 14.1. The van der Waals surface area contributed by atoms with E-state index < -0.39 is 6.04 Å². The number of H-pyrrole nitrogens is 1. The molecule has 52 heavy (non-hydrogen) atoms. The van der Waals surface area contributed by atoms with E-state index in [1.54, 1.807) is 12.1 Å². The number of nitrogens with one attached hydrogen (secondary N) is 3. The Labute approximate surface area is 314 Å². The number of thioether (sulfide) groups is 1. The molecule has 1 amide bonds. The number of unbranched alkanes of at least 4 members (excludes halogenated alkanes) is 15. The molecule has 0 radical (unpaired) electrons. The average molecular weight is 741 g/mol. The van der Waals surface area contributed by atoms with Crippen molar-refractivity contribution in [3.05, 3.63) is 40.3 Å². The molecular formula is C39H64N8O4S. The number of hydrogen-bond acceptors (Lipinski definition) is 10. The maximum Gasteiger partial charge on any atom is 0.328 e. The minimum atomic E-state index is -0.712. The molecule has 3 aromatic rings. The number of hydrogen-bond donors (Lipinski definition) is 5. The summed E-state index contributed by atoms with van der Waals surface area (Å²) in [4.78, 5) is 49.0. The Morgan fingerprint density at radius 3 is 2.08 bits per heavy atom. The number of ether oxygens (including phenoxy) is 1. The van der Waals surface area contributed by atoms with E-state index in [4.69, 9.17) is 16.2 Å². The number of nitrogens with zero attached hydrogens (tertiary/aromatic N) is 3. The molecule has 0 aliphatic rings. The number of anilines is 3. The Morgan fingerprint density at radius 1 is 0.865 bits per heavy atom. The number of esters is 1. The average Bonchev–Trinajstić information content (AvgIpc) is 3.45. The van der Waals surface area contributed by atoms with E-state index >= 15 is 0 Å². The molecule has 0 spiro atoms. The number of amides is 1. The molecule has 1 unspecified atom stereocenters. The Hall–Kier alpha value is -3.58. The molecule has 1 aromatic carbocycles. The van der Waals surface area contributed by atoms with E-state index in [0.717, 1.165) is 31.2 Å². The molecule has 12 nitrogen and oxygen atoms in total. The van der Waals surface area contributed by atoms with E-state index in [1.807, 2.05) is 12.1 Å². The summed E-state index contributed by atoms with van der Waals surface area (Å²) in [7, 11) is 0. The minimum Gasteiger partial charge on any atom is -0.465 e. The normalized spacial score (nSPS) is 11.9. The molecule has 0 fully saturated rings. The predicted octanol–water partition coefficient (Wildman–Crippen LogP) is 7.77. The van der Waals surface area contributed by atoms with Crippen LogP contribution in [0.3, 0.4) is 0 Å². The van der Waals surface area contributed by atoms with Gasteiger partial charge in [-0.3, -0.25) is 14.2 Å². The summed E-state index contributed by atoms with van der Waals surface area (Å²) in [5.74, 6) is 1.12. The second-order valence-corrected chi connectivity index (χ2v) is 14.9. The Morgan fingerprint density at radius 2 is 1.46 bits per heavy atom. The van der Waals surface area contributed by atoms with E-state index in [0.29, 0.717) is 53.9 Å². The summed E-state index contributed by atoms with van der Waals surface area (Å²) >= 11 is 1.48. The van der Waals surface area contributed by atoms with Crippen LogP contribution in [0, 0.1) is 0 Å². The van der Waals surface area contributed by atoms with Crippen LogP contribution in [0.5, 0.6) is 0 Å². The summed E-state index contributed by atoms with van der Waals surface area (Å²) in [6.45, 7) is 5.65. The number of carbonyl (C=O) groups is 2. The van der Waals surface area contributed by atoms with Gasteiger partial charge in [-0.25, -0.2) is 4.79 Å². The van der Waals surface area contributed by atoms with Gasteiger partial charge in [-0.15, -0.1) is 0 Å². The smallest absolute Gasteiger partial charge is 0.328 e. The summed E-state index contributed by atoms with van der Waals surface area (Å²) in [6.07, 6.45) is 21.9.